The fourth-order valence-electron chi connectivity index (χ4n) is 2.50. The van der Waals surface area contributed by atoms with Crippen LogP contribution in [0.1, 0.15) is 38.8 Å². The number of hydrogen-bond acceptors (Lipinski definition) is 2. The highest BCUT2D eigenvalue weighted by atomic mass is 32.1. The summed E-state index contributed by atoms with van der Waals surface area (Å²) in [4.78, 5) is 16.6. The third-order valence-electron chi connectivity index (χ3n) is 3.27. The fourth-order valence-corrected chi connectivity index (χ4v) is 3.33. The lowest BCUT2D eigenvalue weighted by Crippen LogP contribution is -2.17. The molecule has 0 radical (unpaired) electrons. The molecule has 0 fully saturated rings. The summed E-state index contributed by atoms with van der Waals surface area (Å²) in [5, 5.41) is 2.08. The van der Waals surface area contributed by atoms with Crippen molar-refractivity contribution in [2.75, 3.05) is 0 Å². The van der Waals surface area contributed by atoms with E-state index in [1.807, 2.05) is 13.1 Å². The lowest BCUT2D eigenvalue weighted by Gasteiger charge is -2.20. The Hall–Kier alpha value is -1.35. The van der Waals surface area contributed by atoms with Gasteiger partial charge in [0.15, 0.2) is 5.78 Å². The maximum atomic E-state index is 12.1. The van der Waals surface area contributed by atoms with Crippen molar-refractivity contribution < 1.29 is 4.79 Å². The van der Waals surface area contributed by atoms with Gasteiger partial charge in [-0.15, -0.1) is 11.3 Å². The van der Waals surface area contributed by atoms with Gasteiger partial charge in [0.25, 0.3) is 0 Å². The number of fused-ring (bicyclic) bond motifs is 1. The maximum Gasteiger partial charge on any atom is 0.165 e. The van der Waals surface area contributed by atoms with E-state index in [0.717, 1.165) is 23.2 Å². The molecular formula is C13H13NOS. The van der Waals surface area contributed by atoms with Crippen molar-refractivity contribution in [2.24, 2.45) is 0 Å². The van der Waals surface area contributed by atoms with Gasteiger partial charge in [-0.25, -0.2) is 0 Å². The van der Waals surface area contributed by atoms with Crippen LogP contribution in [0.5, 0.6) is 0 Å². The molecule has 2 heterocycles. The second kappa shape index (κ2) is 3.59. The summed E-state index contributed by atoms with van der Waals surface area (Å²) in [5.74, 6) is 0.663. The Labute approximate surface area is 98.3 Å². The normalized spacial score (nSPS) is 19.8. The number of thiophene rings is 1. The molecule has 0 amide bonds. The first kappa shape index (κ1) is 9.85. The minimum Gasteiger partial charge on any atom is -0.364 e. The molecule has 1 atom stereocenters. The van der Waals surface area contributed by atoms with Crippen molar-refractivity contribution >= 4 is 17.1 Å². The highest BCUT2D eigenvalue weighted by molar-refractivity contribution is 7.10. The van der Waals surface area contributed by atoms with Crippen LogP contribution in [0, 0.1) is 6.92 Å². The number of H-pyrrole nitrogens is 1. The number of aryl methyl sites for hydroxylation is 1. The quantitative estimate of drug-likeness (QED) is 0.802. The predicted octanol–water partition coefficient (Wildman–Crippen LogP) is 3.30. The number of nitrogens with one attached hydrogen (secondary N) is 1. The molecule has 2 aromatic rings. The largest absolute Gasteiger partial charge is 0.364 e. The summed E-state index contributed by atoms with van der Waals surface area (Å²) in [6.45, 7) is 2.00. The molecule has 1 N–H and O–H groups in total. The number of Topliss-reactive ketones (excluding diaryl/α,β-unsaturated/α-hetero) is 1. The van der Waals surface area contributed by atoms with Crippen LogP contribution < -0.4 is 0 Å². The number of aromatic nitrogens is 1. The molecule has 1 aliphatic rings. The second-order valence-corrected chi connectivity index (χ2v) is 5.35. The van der Waals surface area contributed by atoms with E-state index in [1.54, 1.807) is 11.3 Å². The van der Waals surface area contributed by atoms with E-state index in [1.165, 1.54) is 4.88 Å². The number of carbonyl (C=O) groups is 1. The highest BCUT2D eigenvalue weighted by Gasteiger charge is 2.28. The number of ketones is 1. The van der Waals surface area contributed by atoms with Crippen molar-refractivity contribution in [3.8, 4) is 0 Å². The van der Waals surface area contributed by atoms with Gasteiger partial charge in [0.2, 0.25) is 0 Å². The molecule has 2 aromatic heterocycles. The molecular weight excluding hydrogens is 218 g/mol. The smallest absolute Gasteiger partial charge is 0.165 e. The van der Waals surface area contributed by atoms with Crippen LogP contribution in [0.3, 0.4) is 0 Å². The van der Waals surface area contributed by atoms with Crippen LogP contribution >= 0.6 is 11.3 Å². The summed E-state index contributed by atoms with van der Waals surface area (Å²) in [6, 6.07) is 4.18. The second-order valence-electron chi connectivity index (χ2n) is 4.37. The third kappa shape index (κ3) is 1.43. The van der Waals surface area contributed by atoms with Gasteiger partial charge in [-0.1, -0.05) is 6.07 Å². The van der Waals surface area contributed by atoms with E-state index in [4.69, 9.17) is 0 Å². The van der Waals surface area contributed by atoms with Crippen LogP contribution in [0.25, 0.3) is 0 Å². The van der Waals surface area contributed by atoms with Gasteiger partial charge >= 0.3 is 0 Å². The Morgan fingerprint density at radius 2 is 2.31 bits per heavy atom. The van der Waals surface area contributed by atoms with E-state index in [9.17, 15) is 4.79 Å². The van der Waals surface area contributed by atoms with E-state index >= 15 is 0 Å². The molecule has 0 saturated carbocycles. The van der Waals surface area contributed by atoms with E-state index in [2.05, 4.69) is 22.5 Å². The van der Waals surface area contributed by atoms with E-state index in [0.29, 0.717) is 18.1 Å². The highest BCUT2D eigenvalue weighted by Crippen LogP contribution is 2.35. The first-order valence-electron chi connectivity index (χ1n) is 5.49. The summed E-state index contributed by atoms with van der Waals surface area (Å²) in [7, 11) is 0. The Kier molecular flexibility index (Phi) is 2.21. The van der Waals surface area contributed by atoms with Crippen LogP contribution in [-0.2, 0) is 6.42 Å². The molecule has 16 heavy (non-hydrogen) atoms. The van der Waals surface area contributed by atoms with Crippen molar-refractivity contribution in [3.05, 3.63) is 45.4 Å². The standard InChI is InChI=1S/C13H13NOS/c1-8-7-14-10-5-9(6-11(15)13(8)10)12-3-2-4-16-12/h2-4,7,9,14H,5-6H2,1H3. The Morgan fingerprint density at radius 1 is 1.44 bits per heavy atom. The maximum absolute atomic E-state index is 12.1. The van der Waals surface area contributed by atoms with Crippen molar-refractivity contribution in [1.29, 1.82) is 0 Å². The van der Waals surface area contributed by atoms with Gasteiger partial charge in [0.05, 0.1) is 0 Å². The van der Waals surface area contributed by atoms with E-state index < -0.39 is 0 Å². The lowest BCUT2D eigenvalue weighted by atomic mass is 9.85. The van der Waals surface area contributed by atoms with E-state index in [-0.39, 0.29) is 0 Å². The van der Waals surface area contributed by atoms with Gasteiger partial charge < -0.3 is 4.98 Å². The minimum absolute atomic E-state index is 0.290. The van der Waals surface area contributed by atoms with Gasteiger partial charge in [-0.05, 0) is 30.4 Å². The average molecular weight is 231 g/mol. The van der Waals surface area contributed by atoms with Gasteiger partial charge in [0.1, 0.15) is 0 Å². The lowest BCUT2D eigenvalue weighted by molar-refractivity contribution is 0.0964. The van der Waals surface area contributed by atoms with Crippen molar-refractivity contribution in [3.63, 3.8) is 0 Å². The van der Waals surface area contributed by atoms with Gasteiger partial charge in [-0.3, -0.25) is 4.79 Å². The van der Waals surface area contributed by atoms with Crippen molar-refractivity contribution in [1.82, 2.24) is 4.98 Å². The summed E-state index contributed by atoms with van der Waals surface area (Å²) in [6.07, 6.45) is 3.57. The molecule has 1 unspecified atom stereocenters. The number of hydrogen-bond donors (Lipinski definition) is 1. The monoisotopic (exact) mass is 231 g/mol. The first-order valence-corrected chi connectivity index (χ1v) is 6.37. The Balaban J connectivity index is 1.99. The average Bonchev–Trinajstić information content (AvgIpc) is 2.87. The molecule has 3 heteroatoms. The molecule has 2 nitrogen and oxygen atoms in total. The molecule has 82 valence electrons. The first-order chi connectivity index (χ1) is 7.75. The third-order valence-corrected chi connectivity index (χ3v) is 4.30. The number of carbonyl (C=O) groups excluding carboxylic acids is 1. The molecule has 3 rings (SSSR count). The van der Waals surface area contributed by atoms with Crippen LogP contribution in [-0.4, -0.2) is 10.8 Å². The Morgan fingerprint density at radius 3 is 3.06 bits per heavy atom. The predicted molar refractivity (Wildman–Crippen MR) is 65.2 cm³/mol. The van der Waals surface area contributed by atoms with Crippen LogP contribution in [0.2, 0.25) is 0 Å². The molecule has 0 bridgehead atoms. The zero-order valence-corrected chi connectivity index (χ0v) is 9.93. The van der Waals surface area contributed by atoms with Gasteiger partial charge in [-0.2, -0.15) is 0 Å². The molecule has 0 saturated heterocycles. The molecule has 0 spiro atoms. The number of rotatable bonds is 1. The van der Waals surface area contributed by atoms with Gasteiger partial charge in [0, 0.05) is 34.7 Å². The zero-order chi connectivity index (χ0) is 11.1. The van der Waals surface area contributed by atoms with Crippen molar-refractivity contribution in [2.45, 2.75) is 25.7 Å². The minimum atomic E-state index is 0.290. The fraction of sp³-hybridized carbons (Fsp3) is 0.308. The molecule has 0 aliphatic heterocycles. The SMILES string of the molecule is Cc1c[nH]c2c1C(=O)CC(c1cccs1)C2. The zero-order valence-electron chi connectivity index (χ0n) is 9.12. The van der Waals surface area contributed by atoms with Crippen LogP contribution in [0.4, 0.5) is 0 Å². The van der Waals surface area contributed by atoms with Crippen LogP contribution in [0.15, 0.2) is 23.7 Å². The number of aromatic amines is 1. The Bertz CT molecular complexity index is 524. The summed E-state index contributed by atoms with van der Waals surface area (Å²) < 4.78 is 0. The summed E-state index contributed by atoms with van der Waals surface area (Å²) >= 11 is 1.75. The topological polar surface area (TPSA) is 32.9 Å². The molecule has 0 aromatic carbocycles. The summed E-state index contributed by atoms with van der Waals surface area (Å²) in [5.41, 5.74) is 3.14. The molecule has 1 aliphatic carbocycles.